The molecule has 1 aromatic carbocycles. The number of hydrogen-bond acceptors (Lipinski definition) is 1. The fraction of sp³-hybridized carbons (Fsp3) is 0. The van der Waals surface area contributed by atoms with Gasteiger partial charge in [-0.05, 0) is 0 Å². The topological polar surface area (TPSA) is 20.2 Å². The van der Waals surface area contributed by atoms with Crippen molar-refractivity contribution >= 4 is 0 Å². The normalized spacial score (nSPS) is 8.60. The molecular weight excluding hydrogens is 215 g/mol. The number of benzene rings is 1. The van der Waals surface area contributed by atoms with E-state index in [1.54, 1.807) is 0 Å². The maximum Gasteiger partial charge on any atom is 0.0469 e. The van der Waals surface area contributed by atoms with Crippen LogP contribution in [-0.2, 0) is 32.7 Å². The summed E-state index contributed by atoms with van der Waals surface area (Å²) in [4.78, 5) is 0. The minimum atomic E-state index is -1.09. The van der Waals surface area contributed by atoms with Crippen LogP contribution in [0, 0.1) is 17.7 Å². The minimum Gasteiger partial charge on any atom is -0.566 e. The van der Waals surface area contributed by atoms with Crippen molar-refractivity contribution in [3.8, 4) is 5.75 Å². The van der Waals surface area contributed by atoms with Crippen LogP contribution < -0.4 is 0 Å². The molecule has 51 valence electrons. The van der Waals surface area contributed by atoms with Crippen LogP contribution in [0.1, 0.15) is 0 Å². The molecule has 0 amide bonds. The second kappa shape index (κ2) is 3.99. The summed E-state index contributed by atoms with van der Waals surface area (Å²) >= 11 is 0. The Hall–Kier alpha value is -0.0161. The molecule has 0 unspecified atom stereocenters. The summed E-state index contributed by atoms with van der Waals surface area (Å²) < 4.78 is 24.0. The average molecular weight is 218 g/mol. The van der Waals surface area contributed by atoms with Crippen LogP contribution in [0.15, 0.2) is 12.1 Å². The van der Waals surface area contributed by atoms with E-state index in [9.17, 15) is 8.78 Å². The molecule has 0 fully saturated rings. The van der Waals surface area contributed by atoms with Crippen LogP contribution in [0.3, 0.4) is 0 Å². The van der Waals surface area contributed by atoms with E-state index in [-0.39, 0.29) is 38.5 Å². The third-order valence-corrected chi connectivity index (χ3v) is 0.831. The molecule has 1 rings (SSSR count). The number of aromatic hydroxyl groups is 1. The van der Waals surface area contributed by atoms with Gasteiger partial charge in [-0.3, -0.25) is 4.39 Å². The fourth-order valence-electron chi connectivity index (χ4n) is 0.441. The fourth-order valence-corrected chi connectivity index (χ4v) is 0.441. The Morgan fingerprint density at radius 2 is 2.00 bits per heavy atom. The predicted octanol–water partition coefficient (Wildman–Crippen LogP) is 1.47. The average Bonchev–Trinajstić information content (AvgIpc) is 1.80. The molecule has 1 N–H and O–H groups in total. The van der Waals surface area contributed by atoms with Crippen molar-refractivity contribution in [2.75, 3.05) is 0 Å². The molecule has 0 heterocycles. The summed E-state index contributed by atoms with van der Waals surface area (Å²) in [6, 6.07) is 3.52. The summed E-state index contributed by atoms with van der Waals surface area (Å²) in [7, 11) is 0. The Morgan fingerprint density at radius 3 is 2.40 bits per heavy atom. The second-order valence-corrected chi connectivity index (χ2v) is 1.52. The van der Waals surface area contributed by atoms with Crippen LogP contribution in [-0.4, -0.2) is 5.11 Å². The third-order valence-electron chi connectivity index (χ3n) is 0.831. The molecular formula is C6H3F2OY-. The summed E-state index contributed by atoms with van der Waals surface area (Å²) in [5, 5.41) is 8.50. The first-order chi connectivity index (χ1) is 4.20. The SMILES string of the molecule is Oc1c[c-]c(F)c(F)c1.[Y]. The maximum absolute atomic E-state index is 12.0. The molecule has 0 atom stereocenters. The van der Waals surface area contributed by atoms with Crippen LogP contribution in [0.25, 0.3) is 0 Å². The molecule has 4 heteroatoms. The van der Waals surface area contributed by atoms with Crippen molar-refractivity contribution in [1.82, 2.24) is 0 Å². The molecule has 0 aliphatic carbocycles. The minimum absolute atomic E-state index is 0. The van der Waals surface area contributed by atoms with Crippen molar-refractivity contribution in [3.05, 3.63) is 29.8 Å². The van der Waals surface area contributed by atoms with Gasteiger partial charge in [-0.1, -0.05) is 6.07 Å². The third kappa shape index (κ3) is 2.31. The van der Waals surface area contributed by atoms with E-state index >= 15 is 0 Å². The van der Waals surface area contributed by atoms with Gasteiger partial charge in [-0.2, -0.15) is 0 Å². The van der Waals surface area contributed by atoms with Crippen molar-refractivity contribution in [3.63, 3.8) is 0 Å². The number of rotatable bonds is 0. The van der Waals surface area contributed by atoms with Gasteiger partial charge in [0.1, 0.15) is 0 Å². The van der Waals surface area contributed by atoms with Crippen LogP contribution in [0.4, 0.5) is 8.78 Å². The molecule has 0 saturated heterocycles. The summed E-state index contributed by atoms with van der Waals surface area (Å²) in [5.74, 6) is -2.49. The molecule has 0 aliphatic heterocycles. The maximum atomic E-state index is 12.0. The predicted molar refractivity (Wildman–Crippen MR) is 26.9 cm³/mol. The van der Waals surface area contributed by atoms with E-state index in [1.807, 2.05) is 6.07 Å². The quantitative estimate of drug-likeness (QED) is 0.653. The van der Waals surface area contributed by atoms with E-state index in [1.165, 1.54) is 0 Å². The van der Waals surface area contributed by atoms with Crippen molar-refractivity contribution in [2.24, 2.45) is 0 Å². The van der Waals surface area contributed by atoms with Crippen LogP contribution in [0.5, 0.6) is 5.75 Å². The van der Waals surface area contributed by atoms with Gasteiger partial charge in [0.05, 0.1) is 0 Å². The Labute approximate surface area is 81.9 Å². The van der Waals surface area contributed by atoms with Gasteiger partial charge in [-0.15, -0.1) is 12.1 Å². The van der Waals surface area contributed by atoms with E-state index < -0.39 is 11.6 Å². The molecule has 0 aromatic heterocycles. The van der Waals surface area contributed by atoms with Crippen molar-refractivity contribution in [1.29, 1.82) is 0 Å². The zero-order valence-electron chi connectivity index (χ0n) is 4.94. The molecule has 1 aromatic rings. The van der Waals surface area contributed by atoms with Gasteiger partial charge in [-0.25, -0.2) is 4.39 Å². The standard InChI is InChI=1S/C6H3F2O.Y/c7-5-2-1-4(9)3-6(5)8;/h1,3,9H;/q-1;. The van der Waals surface area contributed by atoms with Crippen molar-refractivity contribution < 1.29 is 46.6 Å². The summed E-state index contributed by atoms with van der Waals surface area (Å²) in [6.07, 6.45) is 0. The van der Waals surface area contributed by atoms with Gasteiger partial charge >= 0.3 is 0 Å². The Balaban J connectivity index is 0.000000810. The first-order valence-corrected chi connectivity index (χ1v) is 2.26. The zero-order valence-corrected chi connectivity index (χ0v) is 7.77. The number of hydrogen-bond donors (Lipinski definition) is 1. The Morgan fingerprint density at radius 1 is 1.40 bits per heavy atom. The number of phenolic OH excluding ortho intramolecular Hbond substituents is 1. The number of halogens is 2. The monoisotopic (exact) mass is 218 g/mol. The van der Waals surface area contributed by atoms with Gasteiger partial charge < -0.3 is 5.11 Å². The van der Waals surface area contributed by atoms with E-state index in [2.05, 4.69) is 0 Å². The second-order valence-electron chi connectivity index (χ2n) is 1.52. The largest absolute Gasteiger partial charge is 0.566 e. The molecule has 1 nitrogen and oxygen atoms in total. The first kappa shape index (κ1) is 9.98. The Kier molecular flexibility index (Phi) is 3.98. The molecule has 1 radical (unpaired) electrons. The van der Waals surface area contributed by atoms with Gasteiger partial charge in [0.25, 0.3) is 0 Å². The molecule has 0 bridgehead atoms. The first-order valence-electron chi connectivity index (χ1n) is 2.26. The van der Waals surface area contributed by atoms with Gasteiger partial charge in [0.2, 0.25) is 0 Å². The number of phenols is 1. The van der Waals surface area contributed by atoms with Gasteiger partial charge in [0.15, 0.2) is 0 Å². The van der Waals surface area contributed by atoms with E-state index in [4.69, 9.17) is 5.11 Å². The van der Waals surface area contributed by atoms with Gasteiger partial charge in [0, 0.05) is 50.1 Å². The molecule has 0 saturated carbocycles. The molecule has 0 spiro atoms. The van der Waals surface area contributed by atoms with Crippen molar-refractivity contribution in [2.45, 2.75) is 0 Å². The molecule has 0 aliphatic rings. The van der Waals surface area contributed by atoms with Crippen LogP contribution in [0.2, 0.25) is 0 Å². The summed E-state index contributed by atoms with van der Waals surface area (Å²) in [5.41, 5.74) is 0. The molecule has 10 heavy (non-hydrogen) atoms. The van der Waals surface area contributed by atoms with E-state index in [0.29, 0.717) is 6.07 Å². The van der Waals surface area contributed by atoms with Crippen LogP contribution >= 0.6 is 0 Å². The van der Waals surface area contributed by atoms with E-state index in [0.717, 1.165) is 6.07 Å². The smallest absolute Gasteiger partial charge is 0.0469 e. The summed E-state index contributed by atoms with van der Waals surface area (Å²) in [6.45, 7) is 0. The zero-order chi connectivity index (χ0) is 6.85. The Bertz CT molecular complexity index is 227.